The molecule has 0 nitrogen and oxygen atoms in total. The van der Waals surface area contributed by atoms with Crippen LogP contribution in [0.25, 0.3) is 0 Å². The molecule has 0 heteroatoms. The lowest BCUT2D eigenvalue weighted by atomic mass is 9.51. The summed E-state index contributed by atoms with van der Waals surface area (Å²) in [5, 5.41) is 0. The lowest BCUT2D eigenvalue weighted by Crippen LogP contribution is -2.44. The van der Waals surface area contributed by atoms with E-state index in [2.05, 4.69) is 6.92 Å². The van der Waals surface area contributed by atoms with E-state index in [1.807, 2.05) is 5.92 Å². The minimum absolute atomic E-state index is 0.704. The smallest absolute Gasteiger partial charge is 0.0182 e. The quantitative estimate of drug-likeness (QED) is 0.569. The second kappa shape index (κ2) is 5.55. The predicted octanol–water partition coefficient (Wildman–Crippen LogP) is 5.91. The van der Waals surface area contributed by atoms with Crippen LogP contribution in [-0.4, -0.2) is 0 Å². The minimum Gasteiger partial charge on any atom is -0.0585 e. The fourth-order valence-corrected chi connectivity index (χ4v) is 5.75. The highest BCUT2D eigenvalue weighted by molar-refractivity contribution is 5.13. The first-order valence-electron chi connectivity index (χ1n) is 8.67. The molecule has 0 aromatic heterocycles. The molecular weight excluding hydrogens is 216 g/mol. The van der Waals surface area contributed by atoms with Crippen molar-refractivity contribution < 1.29 is 0 Å². The first-order chi connectivity index (χ1) is 8.84. The van der Waals surface area contributed by atoms with Gasteiger partial charge in [0.2, 0.25) is 0 Å². The Kier molecular flexibility index (Phi) is 4.01. The van der Waals surface area contributed by atoms with E-state index in [-0.39, 0.29) is 0 Å². The Bertz CT molecular complexity index is 257. The van der Waals surface area contributed by atoms with Crippen molar-refractivity contribution in [2.75, 3.05) is 0 Å². The standard InChI is InChI=1S/C18H31/c1-15-9-7-8-14-18(15,17-12-5-6-13-17)16-10-3-2-4-11-16/h16-17H,2-14H2,1H3. The van der Waals surface area contributed by atoms with E-state index in [4.69, 9.17) is 0 Å². The molecule has 0 N–H and O–H groups in total. The molecule has 3 saturated carbocycles. The number of hydrogen-bond donors (Lipinski definition) is 0. The van der Waals surface area contributed by atoms with Crippen LogP contribution in [0.3, 0.4) is 0 Å². The lowest BCUT2D eigenvalue weighted by molar-refractivity contribution is 0.0301. The fourth-order valence-electron chi connectivity index (χ4n) is 5.75. The van der Waals surface area contributed by atoms with Crippen LogP contribution in [0.15, 0.2) is 0 Å². The van der Waals surface area contributed by atoms with Crippen LogP contribution < -0.4 is 0 Å². The van der Waals surface area contributed by atoms with Crippen molar-refractivity contribution in [3.05, 3.63) is 5.92 Å². The van der Waals surface area contributed by atoms with Gasteiger partial charge >= 0.3 is 0 Å². The maximum atomic E-state index is 2.53. The van der Waals surface area contributed by atoms with Crippen LogP contribution in [0.2, 0.25) is 0 Å². The Morgan fingerprint density at radius 2 is 1.28 bits per heavy atom. The topological polar surface area (TPSA) is 0 Å². The summed E-state index contributed by atoms with van der Waals surface area (Å²) in [6.45, 7) is 2.53. The lowest BCUT2D eigenvalue weighted by Gasteiger charge is -2.53. The van der Waals surface area contributed by atoms with Crippen molar-refractivity contribution in [3.8, 4) is 0 Å². The molecule has 3 aliphatic carbocycles. The van der Waals surface area contributed by atoms with Crippen molar-refractivity contribution >= 4 is 0 Å². The summed E-state index contributed by atoms with van der Waals surface area (Å²) >= 11 is 0. The fraction of sp³-hybridized carbons (Fsp3) is 0.944. The third-order valence-electron chi connectivity index (χ3n) is 6.60. The molecule has 0 amide bonds. The summed E-state index contributed by atoms with van der Waals surface area (Å²) in [7, 11) is 0. The summed E-state index contributed by atoms with van der Waals surface area (Å²) in [6, 6.07) is 0. The predicted molar refractivity (Wildman–Crippen MR) is 78.4 cm³/mol. The molecule has 0 aromatic rings. The Balaban J connectivity index is 1.85. The molecule has 18 heavy (non-hydrogen) atoms. The van der Waals surface area contributed by atoms with E-state index < -0.39 is 0 Å². The summed E-state index contributed by atoms with van der Waals surface area (Å²) in [5.41, 5.74) is 0.704. The van der Waals surface area contributed by atoms with Crippen LogP contribution in [0.4, 0.5) is 0 Å². The van der Waals surface area contributed by atoms with Gasteiger partial charge in [0.1, 0.15) is 0 Å². The molecule has 1 unspecified atom stereocenters. The van der Waals surface area contributed by atoms with Crippen LogP contribution >= 0.6 is 0 Å². The molecule has 0 saturated heterocycles. The van der Waals surface area contributed by atoms with Gasteiger partial charge in [-0.1, -0.05) is 51.9 Å². The van der Waals surface area contributed by atoms with Crippen molar-refractivity contribution in [1.29, 1.82) is 0 Å². The van der Waals surface area contributed by atoms with Crippen LogP contribution in [0.5, 0.6) is 0 Å². The van der Waals surface area contributed by atoms with Crippen molar-refractivity contribution in [2.24, 2.45) is 17.3 Å². The largest absolute Gasteiger partial charge is 0.0585 e. The minimum atomic E-state index is 0.704. The van der Waals surface area contributed by atoms with Crippen LogP contribution in [0, 0.1) is 23.2 Å². The molecule has 103 valence electrons. The third kappa shape index (κ3) is 2.14. The zero-order valence-corrected chi connectivity index (χ0v) is 12.3. The van der Waals surface area contributed by atoms with Crippen LogP contribution in [0.1, 0.15) is 90.4 Å². The van der Waals surface area contributed by atoms with E-state index >= 15 is 0 Å². The Morgan fingerprint density at radius 1 is 0.722 bits per heavy atom. The van der Waals surface area contributed by atoms with Gasteiger partial charge in [-0.15, -0.1) is 0 Å². The summed E-state index contributed by atoms with van der Waals surface area (Å²) in [6.07, 6.45) is 19.8. The average molecular weight is 247 g/mol. The van der Waals surface area contributed by atoms with Crippen molar-refractivity contribution in [3.63, 3.8) is 0 Å². The molecule has 1 radical (unpaired) electrons. The molecule has 0 spiro atoms. The Labute approximate surface area is 114 Å². The highest BCUT2D eigenvalue weighted by Crippen LogP contribution is 2.60. The first-order valence-corrected chi connectivity index (χ1v) is 8.67. The zero-order valence-electron chi connectivity index (χ0n) is 12.3. The maximum absolute atomic E-state index is 2.53. The monoisotopic (exact) mass is 247 g/mol. The van der Waals surface area contributed by atoms with Gasteiger partial charge < -0.3 is 0 Å². The van der Waals surface area contributed by atoms with E-state index in [0.717, 1.165) is 11.8 Å². The van der Waals surface area contributed by atoms with Crippen molar-refractivity contribution in [2.45, 2.75) is 90.4 Å². The molecule has 1 atom stereocenters. The van der Waals surface area contributed by atoms with Crippen LogP contribution in [-0.2, 0) is 0 Å². The van der Waals surface area contributed by atoms with E-state index in [1.54, 1.807) is 32.1 Å². The van der Waals surface area contributed by atoms with E-state index in [0.29, 0.717) is 5.41 Å². The van der Waals surface area contributed by atoms with Gasteiger partial charge in [0.25, 0.3) is 0 Å². The van der Waals surface area contributed by atoms with Crippen molar-refractivity contribution in [1.82, 2.24) is 0 Å². The average Bonchev–Trinajstić information content (AvgIpc) is 2.95. The normalized spacial score (nSPS) is 37.2. The summed E-state index contributed by atoms with van der Waals surface area (Å²) in [4.78, 5) is 0. The van der Waals surface area contributed by atoms with Gasteiger partial charge in [-0.3, -0.25) is 0 Å². The second-order valence-electron chi connectivity index (χ2n) is 7.34. The molecule has 0 aliphatic heterocycles. The molecular formula is C18H31. The first kappa shape index (κ1) is 13.0. The van der Waals surface area contributed by atoms with Gasteiger partial charge in [-0.2, -0.15) is 0 Å². The van der Waals surface area contributed by atoms with E-state index in [1.165, 1.54) is 51.4 Å². The zero-order chi connectivity index (χ0) is 12.4. The number of rotatable bonds is 2. The Hall–Kier alpha value is 0. The van der Waals surface area contributed by atoms with Gasteiger partial charge in [-0.25, -0.2) is 0 Å². The summed E-state index contributed by atoms with van der Waals surface area (Å²) < 4.78 is 0. The SMILES string of the molecule is C[C]1CCCCC1(C1CCCCC1)C1CCCC1. The third-order valence-corrected chi connectivity index (χ3v) is 6.60. The van der Waals surface area contributed by atoms with Gasteiger partial charge in [-0.05, 0) is 61.7 Å². The Morgan fingerprint density at radius 3 is 1.83 bits per heavy atom. The highest BCUT2D eigenvalue weighted by atomic mass is 14.5. The van der Waals surface area contributed by atoms with Gasteiger partial charge in [0.05, 0.1) is 0 Å². The van der Waals surface area contributed by atoms with Gasteiger partial charge in [0.15, 0.2) is 0 Å². The second-order valence-corrected chi connectivity index (χ2v) is 7.34. The summed E-state index contributed by atoms with van der Waals surface area (Å²) in [5.74, 6) is 4.06. The van der Waals surface area contributed by atoms with E-state index in [9.17, 15) is 0 Å². The molecule has 3 rings (SSSR count). The highest BCUT2D eigenvalue weighted by Gasteiger charge is 2.50. The van der Waals surface area contributed by atoms with Gasteiger partial charge in [0, 0.05) is 0 Å². The molecule has 3 fully saturated rings. The molecule has 0 aromatic carbocycles. The molecule has 3 aliphatic rings. The molecule has 0 heterocycles. The maximum Gasteiger partial charge on any atom is -0.0182 e. The number of hydrogen-bond acceptors (Lipinski definition) is 0. The molecule has 0 bridgehead atoms.